The summed E-state index contributed by atoms with van der Waals surface area (Å²) in [4.78, 5) is 14.1. The fourth-order valence-electron chi connectivity index (χ4n) is 2.65. The van der Waals surface area contributed by atoms with E-state index in [1.165, 1.54) is 16.7 Å². The minimum Gasteiger partial charge on any atom is -0.311 e. The summed E-state index contributed by atoms with van der Waals surface area (Å²) in [5.74, 6) is 0.200. The van der Waals surface area contributed by atoms with Gasteiger partial charge in [-0.25, -0.2) is 0 Å². The molecule has 92 valence electrons. The Labute approximate surface area is 111 Å². The zero-order valence-electron chi connectivity index (χ0n) is 10.6. The SMILES string of the molecule is Cc1cc(C)c(N2CCCC(Br)C2=O)c(C)c1. The predicted octanol–water partition coefficient (Wildman–Crippen LogP) is 3.50. The first-order valence-corrected chi connectivity index (χ1v) is 6.95. The predicted molar refractivity (Wildman–Crippen MR) is 75.0 cm³/mol. The number of rotatable bonds is 1. The number of carbonyl (C=O) groups excluding carboxylic acids is 1. The molecule has 2 rings (SSSR count). The van der Waals surface area contributed by atoms with Crippen LogP contribution in [0.1, 0.15) is 29.5 Å². The third-order valence-electron chi connectivity index (χ3n) is 3.28. The van der Waals surface area contributed by atoms with Gasteiger partial charge in [0.05, 0.1) is 4.83 Å². The zero-order valence-corrected chi connectivity index (χ0v) is 12.2. The van der Waals surface area contributed by atoms with Crippen molar-refractivity contribution in [3.05, 3.63) is 28.8 Å². The number of hydrogen-bond donors (Lipinski definition) is 0. The van der Waals surface area contributed by atoms with Crippen LogP contribution < -0.4 is 4.90 Å². The lowest BCUT2D eigenvalue weighted by molar-refractivity contribution is -0.118. The van der Waals surface area contributed by atoms with E-state index in [9.17, 15) is 4.79 Å². The Morgan fingerprint density at radius 2 is 1.82 bits per heavy atom. The molecule has 1 amide bonds. The summed E-state index contributed by atoms with van der Waals surface area (Å²) >= 11 is 3.46. The van der Waals surface area contributed by atoms with E-state index < -0.39 is 0 Å². The second kappa shape index (κ2) is 4.81. The number of nitrogens with zero attached hydrogens (tertiary/aromatic N) is 1. The molecule has 0 aromatic heterocycles. The molecule has 0 saturated carbocycles. The molecule has 1 saturated heterocycles. The Bertz CT molecular complexity index is 433. The second-order valence-corrected chi connectivity index (χ2v) is 5.95. The Balaban J connectivity index is 2.43. The van der Waals surface area contributed by atoms with Gasteiger partial charge in [0.2, 0.25) is 5.91 Å². The first kappa shape index (κ1) is 12.6. The van der Waals surface area contributed by atoms with Gasteiger partial charge in [0.15, 0.2) is 0 Å². The van der Waals surface area contributed by atoms with Crippen molar-refractivity contribution in [2.45, 2.75) is 38.4 Å². The van der Waals surface area contributed by atoms with E-state index in [4.69, 9.17) is 0 Å². The van der Waals surface area contributed by atoms with Crippen LogP contribution in [-0.4, -0.2) is 17.3 Å². The van der Waals surface area contributed by atoms with Crippen LogP contribution in [0.15, 0.2) is 12.1 Å². The van der Waals surface area contributed by atoms with E-state index in [0.717, 1.165) is 25.1 Å². The minimum atomic E-state index is -0.0173. The third kappa shape index (κ3) is 2.39. The molecule has 1 unspecified atom stereocenters. The van der Waals surface area contributed by atoms with Gasteiger partial charge in [0.25, 0.3) is 0 Å². The maximum atomic E-state index is 12.2. The van der Waals surface area contributed by atoms with E-state index in [0.29, 0.717) is 0 Å². The zero-order chi connectivity index (χ0) is 12.6. The van der Waals surface area contributed by atoms with Gasteiger partial charge in [-0.3, -0.25) is 4.79 Å². The largest absolute Gasteiger partial charge is 0.311 e. The van der Waals surface area contributed by atoms with Crippen molar-refractivity contribution in [3.8, 4) is 0 Å². The summed E-state index contributed by atoms with van der Waals surface area (Å²) in [5.41, 5.74) is 4.74. The normalized spacial score (nSPS) is 20.8. The molecule has 1 atom stereocenters. The topological polar surface area (TPSA) is 20.3 Å². The number of benzene rings is 1. The molecule has 0 aliphatic carbocycles. The van der Waals surface area contributed by atoms with E-state index in [-0.39, 0.29) is 10.7 Å². The van der Waals surface area contributed by atoms with E-state index in [1.54, 1.807) is 0 Å². The number of anilines is 1. The van der Waals surface area contributed by atoms with Gasteiger partial charge in [-0.1, -0.05) is 33.6 Å². The summed E-state index contributed by atoms with van der Waals surface area (Å²) in [6.07, 6.45) is 2.01. The van der Waals surface area contributed by atoms with Crippen LogP contribution >= 0.6 is 15.9 Å². The average Bonchev–Trinajstić information content (AvgIpc) is 2.23. The van der Waals surface area contributed by atoms with E-state index >= 15 is 0 Å². The van der Waals surface area contributed by atoms with Gasteiger partial charge in [-0.2, -0.15) is 0 Å². The minimum absolute atomic E-state index is 0.0173. The van der Waals surface area contributed by atoms with Crippen molar-refractivity contribution < 1.29 is 4.79 Å². The molecule has 2 nitrogen and oxygen atoms in total. The first-order chi connectivity index (χ1) is 8.00. The average molecular weight is 296 g/mol. The summed E-state index contributed by atoms with van der Waals surface area (Å²) < 4.78 is 0. The summed E-state index contributed by atoms with van der Waals surface area (Å²) in [5, 5.41) is 0. The molecule has 0 bridgehead atoms. The molecule has 3 heteroatoms. The quantitative estimate of drug-likeness (QED) is 0.726. The van der Waals surface area contributed by atoms with Gasteiger partial charge >= 0.3 is 0 Å². The molecule has 1 aliphatic rings. The van der Waals surface area contributed by atoms with Crippen molar-refractivity contribution in [1.29, 1.82) is 0 Å². The fourth-order valence-corrected chi connectivity index (χ4v) is 3.22. The van der Waals surface area contributed by atoms with Gasteiger partial charge < -0.3 is 4.90 Å². The van der Waals surface area contributed by atoms with Crippen LogP contribution in [0.2, 0.25) is 0 Å². The Kier molecular flexibility index (Phi) is 3.57. The number of carbonyl (C=O) groups is 1. The molecule has 1 heterocycles. The number of aryl methyl sites for hydroxylation is 3. The van der Waals surface area contributed by atoms with Crippen molar-refractivity contribution in [2.24, 2.45) is 0 Å². The van der Waals surface area contributed by atoms with Gasteiger partial charge in [0.1, 0.15) is 0 Å². The van der Waals surface area contributed by atoms with Crippen LogP contribution in [0.4, 0.5) is 5.69 Å². The van der Waals surface area contributed by atoms with Gasteiger partial charge in [-0.05, 0) is 44.7 Å². The number of hydrogen-bond acceptors (Lipinski definition) is 1. The van der Waals surface area contributed by atoms with Crippen molar-refractivity contribution in [2.75, 3.05) is 11.4 Å². The summed E-state index contributed by atoms with van der Waals surface area (Å²) in [6, 6.07) is 4.29. The van der Waals surface area contributed by atoms with Crippen molar-refractivity contribution >= 4 is 27.5 Å². The smallest absolute Gasteiger partial charge is 0.240 e. The molecule has 1 aliphatic heterocycles. The summed E-state index contributed by atoms with van der Waals surface area (Å²) in [7, 11) is 0. The van der Waals surface area contributed by atoms with Crippen LogP contribution in [0.5, 0.6) is 0 Å². The van der Waals surface area contributed by atoms with Crippen LogP contribution in [0.3, 0.4) is 0 Å². The lowest BCUT2D eigenvalue weighted by Gasteiger charge is -2.32. The standard InChI is InChI=1S/C14H18BrNO/c1-9-7-10(2)13(11(3)8-9)16-6-4-5-12(15)14(16)17/h7-8,12H,4-6H2,1-3H3. The molecule has 17 heavy (non-hydrogen) atoms. The molecular formula is C14H18BrNO. The molecule has 1 aromatic rings. The lowest BCUT2D eigenvalue weighted by Crippen LogP contribution is -2.42. The molecular weight excluding hydrogens is 278 g/mol. The van der Waals surface area contributed by atoms with Crippen LogP contribution in [0, 0.1) is 20.8 Å². The highest BCUT2D eigenvalue weighted by Gasteiger charge is 2.29. The lowest BCUT2D eigenvalue weighted by atomic mass is 10.0. The fraction of sp³-hybridized carbons (Fsp3) is 0.500. The molecule has 0 spiro atoms. The monoisotopic (exact) mass is 295 g/mol. The summed E-state index contributed by atoms with van der Waals surface area (Å²) in [6.45, 7) is 7.10. The van der Waals surface area contributed by atoms with E-state index in [2.05, 4.69) is 48.8 Å². The maximum absolute atomic E-state index is 12.2. The maximum Gasteiger partial charge on any atom is 0.240 e. The van der Waals surface area contributed by atoms with E-state index in [1.807, 2.05) is 4.90 Å². The second-order valence-electron chi connectivity index (χ2n) is 4.85. The Morgan fingerprint density at radius 3 is 2.41 bits per heavy atom. The number of halogens is 1. The Morgan fingerprint density at radius 1 is 1.24 bits per heavy atom. The van der Waals surface area contributed by atoms with Crippen molar-refractivity contribution in [1.82, 2.24) is 0 Å². The number of alkyl halides is 1. The van der Waals surface area contributed by atoms with Gasteiger partial charge in [0, 0.05) is 12.2 Å². The van der Waals surface area contributed by atoms with Crippen LogP contribution in [0.25, 0.3) is 0 Å². The number of amides is 1. The molecule has 1 aromatic carbocycles. The molecule has 1 fully saturated rings. The molecule has 0 N–H and O–H groups in total. The first-order valence-electron chi connectivity index (χ1n) is 6.04. The number of piperidine rings is 1. The Hall–Kier alpha value is -0.830. The van der Waals surface area contributed by atoms with Gasteiger partial charge in [-0.15, -0.1) is 0 Å². The van der Waals surface area contributed by atoms with Crippen molar-refractivity contribution in [3.63, 3.8) is 0 Å². The third-order valence-corrected chi connectivity index (χ3v) is 4.13. The van der Waals surface area contributed by atoms with Crippen LogP contribution in [-0.2, 0) is 4.79 Å². The highest BCUT2D eigenvalue weighted by atomic mass is 79.9. The highest BCUT2D eigenvalue weighted by Crippen LogP contribution is 2.30. The highest BCUT2D eigenvalue weighted by molar-refractivity contribution is 9.10. The molecule has 0 radical (unpaired) electrons.